The van der Waals surface area contributed by atoms with Crippen molar-refractivity contribution >= 4 is 11.8 Å². The Morgan fingerprint density at radius 1 is 1.06 bits per heavy atom. The smallest absolute Gasteiger partial charge is 0.245 e. The number of likely N-dealkylation sites (tertiary alicyclic amines) is 1. The lowest BCUT2D eigenvalue weighted by Crippen LogP contribution is -2.56. The van der Waals surface area contributed by atoms with E-state index < -0.39 is 11.5 Å². The fraction of sp³-hybridized carbons (Fsp3) is 0.724. The van der Waals surface area contributed by atoms with E-state index in [-0.39, 0.29) is 23.7 Å². The van der Waals surface area contributed by atoms with Gasteiger partial charge >= 0.3 is 0 Å². The number of piperidine rings is 1. The molecular formula is C29H44FN3O3. The topological polar surface area (TPSA) is 61.9 Å². The number of carbonyl (C=O) groups is 2. The number of nitrogens with zero attached hydrogens (tertiary/aromatic N) is 2. The quantitative estimate of drug-likeness (QED) is 0.659. The summed E-state index contributed by atoms with van der Waals surface area (Å²) in [4.78, 5) is 31.8. The van der Waals surface area contributed by atoms with Crippen LogP contribution in [0.3, 0.4) is 0 Å². The molecule has 0 saturated carbocycles. The van der Waals surface area contributed by atoms with Crippen molar-refractivity contribution in [2.45, 2.75) is 90.3 Å². The minimum absolute atomic E-state index is 0.0381. The van der Waals surface area contributed by atoms with Crippen LogP contribution >= 0.6 is 0 Å². The highest BCUT2D eigenvalue weighted by Crippen LogP contribution is 2.38. The first-order valence-electron chi connectivity index (χ1n) is 14.0. The van der Waals surface area contributed by atoms with Gasteiger partial charge in [-0.3, -0.25) is 14.5 Å². The minimum atomic E-state index is -0.491. The number of ether oxygens (including phenoxy) is 1. The standard InChI is InChI=1S/C29H44FN3O3/c1-22(2)19-26-27(34)33-15-8-10-24(33)21-36-18-7-3-6-12-29(28(35)31-26)13-16-32(17-14-29)20-23-9-4-5-11-25(23)30/h4-5,9,11,22,24,26H,3,6-8,10,12-21H2,1-2H3,(H,31,35)/t24-,26-/m0/s1. The van der Waals surface area contributed by atoms with Crippen LogP contribution in [0.15, 0.2) is 24.3 Å². The molecule has 2 amide bonds. The van der Waals surface area contributed by atoms with Crippen LogP contribution in [0, 0.1) is 17.2 Å². The highest BCUT2D eigenvalue weighted by Gasteiger charge is 2.43. The third-order valence-corrected chi connectivity index (χ3v) is 8.37. The molecule has 1 aromatic rings. The Balaban J connectivity index is 1.49. The lowest BCUT2D eigenvalue weighted by Gasteiger charge is -2.42. The van der Waals surface area contributed by atoms with Gasteiger partial charge in [-0.1, -0.05) is 44.9 Å². The number of hydrogen-bond acceptors (Lipinski definition) is 4. The van der Waals surface area contributed by atoms with E-state index in [2.05, 4.69) is 24.1 Å². The average molecular weight is 502 g/mol. The van der Waals surface area contributed by atoms with Gasteiger partial charge in [-0.15, -0.1) is 0 Å². The van der Waals surface area contributed by atoms with Gasteiger partial charge in [0, 0.05) is 25.3 Å². The molecule has 3 fully saturated rings. The molecular weight excluding hydrogens is 457 g/mol. The van der Waals surface area contributed by atoms with Crippen molar-refractivity contribution in [3.8, 4) is 0 Å². The molecule has 3 saturated heterocycles. The van der Waals surface area contributed by atoms with Gasteiger partial charge in [-0.25, -0.2) is 4.39 Å². The summed E-state index contributed by atoms with van der Waals surface area (Å²) in [6, 6.07) is 6.55. The van der Waals surface area contributed by atoms with E-state index in [4.69, 9.17) is 4.74 Å². The first-order chi connectivity index (χ1) is 17.4. The molecule has 1 spiro atoms. The number of hydrogen-bond donors (Lipinski definition) is 1. The monoisotopic (exact) mass is 501 g/mol. The SMILES string of the molecule is CC(C)C[C@@H]1NC(=O)C2(CCCCCOC[C@@H]3CCCN3C1=O)CCN(Cc1ccccc1F)CC2. The molecule has 0 radical (unpaired) electrons. The van der Waals surface area contributed by atoms with Crippen LogP contribution in [0.5, 0.6) is 0 Å². The number of benzene rings is 1. The van der Waals surface area contributed by atoms with E-state index in [0.717, 1.165) is 71.0 Å². The lowest BCUT2D eigenvalue weighted by molar-refractivity contribution is -0.143. The van der Waals surface area contributed by atoms with Gasteiger partial charge in [0.15, 0.2) is 0 Å². The van der Waals surface area contributed by atoms with Crippen LogP contribution in [0.25, 0.3) is 0 Å². The van der Waals surface area contributed by atoms with Gasteiger partial charge in [0.25, 0.3) is 0 Å². The molecule has 0 unspecified atom stereocenters. The lowest BCUT2D eigenvalue weighted by atomic mass is 9.73. The number of fused-ring (bicyclic) bond motifs is 1. The molecule has 7 heteroatoms. The van der Waals surface area contributed by atoms with E-state index in [1.807, 2.05) is 17.0 Å². The number of nitrogens with one attached hydrogen (secondary N) is 1. The Hall–Kier alpha value is -1.99. The summed E-state index contributed by atoms with van der Waals surface area (Å²) in [6.07, 6.45) is 7.88. The molecule has 3 aliphatic heterocycles. The van der Waals surface area contributed by atoms with E-state index >= 15 is 0 Å². The maximum atomic E-state index is 14.2. The highest BCUT2D eigenvalue weighted by atomic mass is 19.1. The van der Waals surface area contributed by atoms with Crippen molar-refractivity contribution in [3.63, 3.8) is 0 Å². The molecule has 3 heterocycles. The first-order valence-corrected chi connectivity index (χ1v) is 14.0. The Morgan fingerprint density at radius 3 is 2.58 bits per heavy atom. The van der Waals surface area contributed by atoms with Crippen LogP contribution in [0.1, 0.15) is 77.2 Å². The van der Waals surface area contributed by atoms with Gasteiger partial charge < -0.3 is 15.0 Å². The van der Waals surface area contributed by atoms with Crippen molar-refractivity contribution in [3.05, 3.63) is 35.6 Å². The molecule has 1 aromatic carbocycles. The molecule has 200 valence electrons. The van der Waals surface area contributed by atoms with E-state index in [1.165, 1.54) is 6.07 Å². The van der Waals surface area contributed by atoms with Crippen molar-refractivity contribution in [1.29, 1.82) is 0 Å². The molecule has 0 bridgehead atoms. The third kappa shape index (κ3) is 6.65. The van der Waals surface area contributed by atoms with Gasteiger partial charge in [0.05, 0.1) is 18.1 Å². The summed E-state index contributed by atoms with van der Waals surface area (Å²) in [5.41, 5.74) is 0.225. The zero-order chi connectivity index (χ0) is 25.5. The molecule has 6 nitrogen and oxygen atoms in total. The summed E-state index contributed by atoms with van der Waals surface area (Å²) in [5.74, 6) is 0.212. The van der Waals surface area contributed by atoms with Crippen LogP contribution in [0.4, 0.5) is 4.39 Å². The van der Waals surface area contributed by atoms with Crippen molar-refractivity contribution in [2.75, 3.05) is 32.8 Å². The van der Waals surface area contributed by atoms with E-state index in [1.54, 1.807) is 6.07 Å². The summed E-state index contributed by atoms with van der Waals surface area (Å²) in [7, 11) is 0. The van der Waals surface area contributed by atoms with Crippen molar-refractivity contribution < 1.29 is 18.7 Å². The van der Waals surface area contributed by atoms with Gasteiger partial charge in [-0.05, 0) is 70.0 Å². The van der Waals surface area contributed by atoms with E-state index in [9.17, 15) is 14.0 Å². The fourth-order valence-corrected chi connectivity index (χ4v) is 6.16. The maximum absolute atomic E-state index is 14.2. The second kappa shape index (κ2) is 12.5. The predicted molar refractivity (Wildman–Crippen MR) is 139 cm³/mol. The molecule has 0 aromatic heterocycles. The summed E-state index contributed by atoms with van der Waals surface area (Å²) in [5, 5.41) is 3.25. The number of carbonyl (C=O) groups excluding carboxylic acids is 2. The number of amides is 2. The third-order valence-electron chi connectivity index (χ3n) is 8.37. The summed E-state index contributed by atoms with van der Waals surface area (Å²) < 4.78 is 20.2. The molecule has 2 atom stereocenters. The first kappa shape index (κ1) is 27.1. The Labute approximate surface area is 215 Å². The average Bonchev–Trinajstić information content (AvgIpc) is 3.33. The Morgan fingerprint density at radius 2 is 1.83 bits per heavy atom. The Bertz CT molecular complexity index is 884. The molecule has 3 aliphatic rings. The van der Waals surface area contributed by atoms with Gasteiger partial charge in [0.2, 0.25) is 11.8 Å². The fourth-order valence-electron chi connectivity index (χ4n) is 6.16. The number of rotatable bonds is 4. The predicted octanol–water partition coefficient (Wildman–Crippen LogP) is 4.52. The van der Waals surface area contributed by atoms with Gasteiger partial charge in [-0.2, -0.15) is 0 Å². The van der Waals surface area contributed by atoms with Crippen LogP contribution < -0.4 is 5.32 Å². The van der Waals surface area contributed by atoms with Gasteiger partial charge in [0.1, 0.15) is 11.9 Å². The van der Waals surface area contributed by atoms with Crippen molar-refractivity contribution in [1.82, 2.24) is 15.1 Å². The van der Waals surface area contributed by atoms with E-state index in [0.29, 0.717) is 37.7 Å². The second-order valence-corrected chi connectivity index (χ2v) is 11.5. The maximum Gasteiger partial charge on any atom is 0.245 e. The molecule has 0 aliphatic carbocycles. The van der Waals surface area contributed by atoms with Crippen LogP contribution in [-0.2, 0) is 20.9 Å². The zero-order valence-corrected chi connectivity index (χ0v) is 22.1. The summed E-state index contributed by atoms with van der Waals surface area (Å²) in [6.45, 7) is 8.32. The molecule has 36 heavy (non-hydrogen) atoms. The van der Waals surface area contributed by atoms with Crippen LogP contribution in [-0.4, -0.2) is 66.5 Å². The molecule has 4 rings (SSSR count). The number of halogens is 1. The zero-order valence-electron chi connectivity index (χ0n) is 22.1. The summed E-state index contributed by atoms with van der Waals surface area (Å²) >= 11 is 0. The molecule has 1 N–H and O–H groups in total. The van der Waals surface area contributed by atoms with Crippen LogP contribution in [0.2, 0.25) is 0 Å². The normalized spacial score (nSPS) is 26.6. The van der Waals surface area contributed by atoms with Crippen molar-refractivity contribution in [2.24, 2.45) is 11.3 Å². The largest absolute Gasteiger partial charge is 0.379 e. The second-order valence-electron chi connectivity index (χ2n) is 11.5. The minimum Gasteiger partial charge on any atom is -0.379 e. The Kier molecular flexibility index (Phi) is 9.40. The highest BCUT2D eigenvalue weighted by molar-refractivity contribution is 5.90.